The number of ketones is 1. The number of pyridine rings is 1. The first-order valence-corrected chi connectivity index (χ1v) is 5.51. The van der Waals surface area contributed by atoms with E-state index in [9.17, 15) is 4.79 Å². The molecule has 0 unspecified atom stereocenters. The van der Waals surface area contributed by atoms with Gasteiger partial charge in [0.25, 0.3) is 0 Å². The summed E-state index contributed by atoms with van der Waals surface area (Å²) in [5, 5.41) is 3.91. The quantitative estimate of drug-likeness (QED) is 0.483. The lowest BCUT2D eigenvalue weighted by Crippen LogP contribution is -2.23. The number of Topliss-reactive ketones (excluding diaryl/α,β-unsaturated/α-hetero) is 1. The van der Waals surface area contributed by atoms with E-state index in [0.717, 1.165) is 10.9 Å². The largest absolute Gasteiger partial charge is 0.306 e. The number of rotatable bonds is 5. The number of nitrogens with one attached hydrogen (secondary N) is 1. The molecule has 0 aliphatic heterocycles. The lowest BCUT2D eigenvalue weighted by atomic mass is 10.0. The molecule has 0 fully saturated rings. The first kappa shape index (κ1) is 11.5. The number of benzene rings is 1. The van der Waals surface area contributed by atoms with E-state index in [0.29, 0.717) is 18.7 Å². The Hall–Kier alpha value is -2.00. The highest BCUT2D eigenvalue weighted by Gasteiger charge is 2.08. The van der Waals surface area contributed by atoms with Gasteiger partial charge in [-0.1, -0.05) is 24.3 Å². The lowest BCUT2D eigenvalue weighted by Gasteiger charge is -2.05. The Morgan fingerprint density at radius 3 is 3.06 bits per heavy atom. The van der Waals surface area contributed by atoms with Gasteiger partial charge in [0.15, 0.2) is 5.78 Å². The molecule has 0 atom stereocenters. The van der Waals surface area contributed by atoms with Crippen molar-refractivity contribution in [1.29, 1.82) is 0 Å². The van der Waals surface area contributed by atoms with Crippen LogP contribution in [0.5, 0.6) is 0 Å². The van der Waals surface area contributed by atoms with Crippen LogP contribution in [0.15, 0.2) is 49.2 Å². The fourth-order valence-corrected chi connectivity index (χ4v) is 1.73. The predicted octanol–water partition coefficient (Wildman–Crippen LogP) is 2.19. The summed E-state index contributed by atoms with van der Waals surface area (Å²) in [4.78, 5) is 16.2. The second-order valence-electron chi connectivity index (χ2n) is 3.72. The molecule has 0 amide bonds. The van der Waals surface area contributed by atoms with Gasteiger partial charge >= 0.3 is 0 Å². The minimum Gasteiger partial charge on any atom is -0.306 e. The van der Waals surface area contributed by atoms with Crippen molar-refractivity contribution in [3.05, 3.63) is 54.7 Å². The van der Waals surface area contributed by atoms with Gasteiger partial charge in [-0.15, -0.1) is 6.58 Å². The molecule has 3 nitrogen and oxygen atoms in total. The fourth-order valence-electron chi connectivity index (χ4n) is 1.73. The van der Waals surface area contributed by atoms with Crippen molar-refractivity contribution in [2.24, 2.45) is 0 Å². The molecule has 0 bridgehead atoms. The molecule has 3 heteroatoms. The van der Waals surface area contributed by atoms with E-state index >= 15 is 0 Å². The Morgan fingerprint density at radius 2 is 2.24 bits per heavy atom. The van der Waals surface area contributed by atoms with Crippen molar-refractivity contribution >= 4 is 16.7 Å². The molecule has 0 spiro atoms. The van der Waals surface area contributed by atoms with Gasteiger partial charge in [0, 0.05) is 23.7 Å². The summed E-state index contributed by atoms with van der Waals surface area (Å²) >= 11 is 0. The first-order valence-electron chi connectivity index (χ1n) is 5.51. The predicted molar refractivity (Wildman–Crippen MR) is 69.1 cm³/mol. The Balaban J connectivity index is 2.28. The summed E-state index contributed by atoms with van der Waals surface area (Å²) in [6.07, 6.45) is 3.46. The van der Waals surface area contributed by atoms with E-state index in [-0.39, 0.29) is 5.78 Å². The van der Waals surface area contributed by atoms with Crippen molar-refractivity contribution in [3.63, 3.8) is 0 Å². The van der Waals surface area contributed by atoms with Gasteiger partial charge in [0.1, 0.15) is 0 Å². The lowest BCUT2D eigenvalue weighted by molar-refractivity contribution is 0.0994. The third-order valence-electron chi connectivity index (χ3n) is 2.52. The maximum absolute atomic E-state index is 12.0. The third-order valence-corrected chi connectivity index (χ3v) is 2.52. The molecular weight excluding hydrogens is 212 g/mol. The summed E-state index contributed by atoms with van der Waals surface area (Å²) in [6.45, 7) is 4.55. The molecule has 86 valence electrons. The minimum absolute atomic E-state index is 0.0745. The number of carbonyl (C=O) groups is 1. The normalized spacial score (nSPS) is 10.4. The summed E-state index contributed by atoms with van der Waals surface area (Å²) in [5.74, 6) is 0.0745. The van der Waals surface area contributed by atoms with Crippen LogP contribution in [0.25, 0.3) is 10.9 Å². The molecule has 0 saturated heterocycles. The number of hydrogen-bond donors (Lipinski definition) is 1. The maximum atomic E-state index is 12.0. The molecule has 0 saturated carbocycles. The highest BCUT2D eigenvalue weighted by Crippen LogP contribution is 2.16. The summed E-state index contributed by atoms with van der Waals surface area (Å²) in [6, 6.07) is 9.36. The van der Waals surface area contributed by atoms with Gasteiger partial charge in [0.2, 0.25) is 0 Å². The average Bonchev–Trinajstić information content (AvgIpc) is 2.38. The van der Waals surface area contributed by atoms with E-state index < -0.39 is 0 Å². The number of aromatic nitrogens is 1. The van der Waals surface area contributed by atoms with Gasteiger partial charge in [0.05, 0.1) is 12.1 Å². The molecule has 0 radical (unpaired) electrons. The van der Waals surface area contributed by atoms with E-state index in [1.807, 2.05) is 30.3 Å². The third kappa shape index (κ3) is 2.57. The van der Waals surface area contributed by atoms with Crippen LogP contribution in [0.1, 0.15) is 10.4 Å². The summed E-state index contributed by atoms with van der Waals surface area (Å²) in [5.41, 5.74) is 1.56. The van der Waals surface area contributed by atoms with E-state index in [2.05, 4.69) is 16.9 Å². The van der Waals surface area contributed by atoms with Crippen LogP contribution in [0, 0.1) is 0 Å². The second kappa shape index (κ2) is 5.37. The smallest absolute Gasteiger partial charge is 0.177 e. The van der Waals surface area contributed by atoms with E-state index in [1.54, 1.807) is 12.3 Å². The summed E-state index contributed by atoms with van der Waals surface area (Å²) in [7, 11) is 0. The summed E-state index contributed by atoms with van der Waals surface area (Å²) < 4.78 is 0. The maximum Gasteiger partial charge on any atom is 0.177 e. The highest BCUT2D eigenvalue weighted by molar-refractivity contribution is 6.08. The van der Waals surface area contributed by atoms with Crippen LogP contribution >= 0.6 is 0 Å². The van der Waals surface area contributed by atoms with E-state index in [4.69, 9.17) is 0 Å². The van der Waals surface area contributed by atoms with Crippen molar-refractivity contribution in [3.8, 4) is 0 Å². The molecular formula is C14H14N2O. The second-order valence-corrected chi connectivity index (χ2v) is 3.72. The highest BCUT2D eigenvalue weighted by atomic mass is 16.1. The van der Waals surface area contributed by atoms with Gasteiger partial charge in [-0.25, -0.2) is 0 Å². The Labute approximate surface area is 100 Å². The molecule has 1 N–H and O–H groups in total. The zero-order valence-electron chi connectivity index (χ0n) is 9.52. The molecule has 2 aromatic rings. The SMILES string of the molecule is C=CCNCC(=O)c1cccc2ncccc12. The van der Waals surface area contributed by atoms with Crippen molar-refractivity contribution in [2.45, 2.75) is 0 Å². The minimum atomic E-state index is 0.0745. The Bertz CT molecular complexity index is 543. The Morgan fingerprint density at radius 1 is 1.35 bits per heavy atom. The van der Waals surface area contributed by atoms with Crippen LogP contribution in [-0.2, 0) is 0 Å². The fraction of sp³-hybridized carbons (Fsp3) is 0.143. The van der Waals surface area contributed by atoms with Gasteiger partial charge in [-0.3, -0.25) is 9.78 Å². The van der Waals surface area contributed by atoms with Crippen LogP contribution in [0.4, 0.5) is 0 Å². The molecule has 0 aliphatic carbocycles. The average molecular weight is 226 g/mol. The standard InChI is InChI=1S/C14H14N2O/c1-2-8-15-10-14(17)12-5-3-7-13-11(12)6-4-9-16-13/h2-7,9,15H,1,8,10H2. The molecule has 17 heavy (non-hydrogen) atoms. The topological polar surface area (TPSA) is 42.0 Å². The van der Waals surface area contributed by atoms with Crippen LogP contribution in [0.2, 0.25) is 0 Å². The molecule has 0 aliphatic rings. The Kier molecular flexibility index (Phi) is 3.62. The number of carbonyl (C=O) groups excluding carboxylic acids is 1. The van der Waals surface area contributed by atoms with Gasteiger partial charge < -0.3 is 5.32 Å². The zero-order chi connectivity index (χ0) is 12.1. The zero-order valence-corrected chi connectivity index (χ0v) is 9.52. The molecule has 1 aromatic carbocycles. The molecule has 1 aromatic heterocycles. The molecule has 2 rings (SSSR count). The molecule has 1 heterocycles. The number of nitrogens with zero attached hydrogens (tertiary/aromatic N) is 1. The van der Waals surface area contributed by atoms with Gasteiger partial charge in [-0.2, -0.15) is 0 Å². The van der Waals surface area contributed by atoms with Crippen LogP contribution in [-0.4, -0.2) is 23.9 Å². The van der Waals surface area contributed by atoms with Crippen LogP contribution < -0.4 is 5.32 Å². The first-order chi connectivity index (χ1) is 8.33. The number of hydrogen-bond acceptors (Lipinski definition) is 3. The van der Waals surface area contributed by atoms with Crippen molar-refractivity contribution < 1.29 is 4.79 Å². The number of fused-ring (bicyclic) bond motifs is 1. The van der Waals surface area contributed by atoms with E-state index in [1.165, 1.54) is 0 Å². The van der Waals surface area contributed by atoms with Crippen molar-refractivity contribution in [2.75, 3.05) is 13.1 Å². The van der Waals surface area contributed by atoms with Gasteiger partial charge in [-0.05, 0) is 12.1 Å². The monoisotopic (exact) mass is 226 g/mol. The van der Waals surface area contributed by atoms with Crippen LogP contribution in [0.3, 0.4) is 0 Å². The van der Waals surface area contributed by atoms with Crippen molar-refractivity contribution in [1.82, 2.24) is 10.3 Å².